The van der Waals surface area contributed by atoms with Gasteiger partial charge in [-0.25, -0.2) is 9.38 Å². The van der Waals surface area contributed by atoms with E-state index < -0.39 is 11.9 Å². The van der Waals surface area contributed by atoms with Gasteiger partial charge in [0.05, 0.1) is 12.2 Å². The van der Waals surface area contributed by atoms with Gasteiger partial charge in [0.25, 0.3) is 5.56 Å². The standard InChI is InChI=1S/C14H12BrF3N4OS/c1-3-9-5-10(14(16,17)18)20-21(9)6-8-4-11(23)22-12(15)7(2)24-13(22)19-8/h4-5H,3,6H2,1-2H3. The average molecular weight is 421 g/mol. The second-order valence-electron chi connectivity index (χ2n) is 5.18. The minimum Gasteiger partial charge on any atom is -0.269 e. The van der Waals surface area contributed by atoms with Crippen molar-refractivity contribution >= 4 is 32.2 Å². The monoisotopic (exact) mass is 420 g/mol. The summed E-state index contributed by atoms with van der Waals surface area (Å²) < 4.78 is 41.8. The van der Waals surface area contributed by atoms with Crippen LogP contribution in [0.2, 0.25) is 0 Å². The fourth-order valence-electron chi connectivity index (χ4n) is 2.34. The Labute approximate surface area is 146 Å². The lowest BCUT2D eigenvalue weighted by Gasteiger charge is -2.06. The zero-order valence-corrected chi connectivity index (χ0v) is 15.1. The predicted octanol–water partition coefficient (Wildman–Crippen LogP) is 3.65. The minimum absolute atomic E-state index is 0.0135. The summed E-state index contributed by atoms with van der Waals surface area (Å²) in [4.78, 5) is 18.0. The van der Waals surface area contributed by atoms with Gasteiger partial charge in [-0.05, 0) is 35.3 Å². The van der Waals surface area contributed by atoms with E-state index in [0.717, 1.165) is 10.9 Å². The van der Waals surface area contributed by atoms with Gasteiger partial charge < -0.3 is 0 Å². The molecule has 0 aromatic carbocycles. The molecule has 0 aliphatic carbocycles. The summed E-state index contributed by atoms with van der Waals surface area (Å²) in [6.45, 7) is 3.61. The van der Waals surface area contributed by atoms with Crippen LogP contribution in [0.15, 0.2) is 21.5 Å². The third-order valence-corrected chi connectivity index (χ3v) is 5.67. The van der Waals surface area contributed by atoms with Gasteiger partial charge in [-0.2, -0.15) is 18.3 Å². The Bertz CT molecular complexity index is 973. The van der Waals surface area contributed by atoms with Crippen LogP contribution >= 0.6 is 27.3 Å². The van der Waals surface area contributed by atoms with E-state index in [1.165, 1.54) is 26.5 Å². The van der Waals surface area contributed by atoms with E-state index >= 15 is 0 Å². The van der Waals surface area contributed by atoms with Crippen molar-refractivity contribution in [2.24, 2.45) is 0 Å². The van der Waals surface area contributed by atoms with Gasteiger partial charge in [-0.1, -0.05) is 6.92 Å². The molecule has 3 aromatic rings. The Kier molecular flexibility index (Phi) is 4.28. The second-order valence-corrected chi connectivity index (χ2v) is 7.12. The molecule has 0 fully saturated rings. The molecule has 0 N–H and O–H groups in total. The summed E-state index contributed by atoms with van der Waals surface area (Å²) in [6, 6.07) is 2.34. The number of rotatable bonds is 3. The van der Waals surface area contributed by atoms with E-state index in [0.29, 0.717) is 27.4 Å². The second kappa shape index (κ2) is 5.99. The van der Waals surface area contributed by atoms with E-state index in [-0.39, 0.29) is 12.1 Å². The first-order valence-electron chi connectivity index (χ1n) is 7.02. The van der Waals surface area contributed by atoms with E-state index in [4.69, 9.17) is 0 Å². The molecule has 0 spiro atoms. The van der Waals surface area contributed by atoms with Crippen LogP contribution < -0.4 is 5.56 Å². The smallest absolute Gasteiger partial charge is 0.269 e. The fourth-order valence-corrected chi connectivity index (χ4v) is 3.93. The fraction of sp³-hybridized carbons (Fsp3) is 0.357. The maximum absolute atomic E-state index is 12.8. The van der Waals surface area contributed by atoms with Gasteiger partial charge in [0.1, 0.15) is 4.60 Å². The molecule has 3 heterocycles. The minimum atomic E-state index is -4.50. The van der Waals surface area contributed by atoms with Crippen molar-refractivity contribution in [1.29, 1.82) is 0 Å². The Morgan fingerprint density at radius 1 is 1.33 bits per heavy atom. The quantitative estimate of drug-likeness (QED) is 0.649. The van der Waals surface area contributed by atoms with Crippen LogP contribution in [-0.4, -0.2) is 19.2 Å². The molecule has 128 valence electrons. The third kappa shape index (κ3) is 3.00. The summed E-state index contributed by atoms with van der Waals surface area (Å²) in [5.41, 5.74) is -0.410. The molecule has 0 bridgehead atoms. The first-order valence-corrected chi connectivity index (χ1v) is 8.63. The lowest BCUT2D eigenvalue weighted by Crippen LogP contribution is -2.17. The van der Waals surface area contributed by atoms with Gasteiger partial charge in [0.2, 0.25) is 0 Å². The highest BCUT2D eigenvalue weighted by molar-refractivity contribution is 9.10. The van der Waals surface area contributed by atoms with Gasteiger partial charge in [-0.15, -0.1) is 11.3 Å². The molecule has 0 saturated heterocycles. The molecule has 0 saturated carbocycles. The molecule has 5 nitrogen and oxygen atoms in total. The molecule has 0 amide bonds. The highest BCUT2D eigenvalue weighted by Crippen LogP contribution is 2.29. The molecular weight excluding hydrogens is 409 g/mol. The number of halogens is 4. The molecule has 3 aromatic heterocycles. The van der Waals surface area contributed by atoms with Gasteiger partial charge in [0, 0.05) is 16.6 Å². The maximum atomic E-state index is 12.8. The largest absolute Gasteiger partial charge is 0.435 e. The van der Waals surface area contributed by atoms with Crippen LogP contribution in [0.3, 0.4) is 0 Å². The molecule has 0 radical (unpaired) electrons. The first kappa shape index (κ1) is 17.2. The number of thiazole rings is 1. The molecule has 0 aliphatic heterocycles. The summed E-state index contributed by atoms with van der Waals surface area (Å²) >= 11 is 4.66. The van der Waals surface area contributed by atoms with E-state index in [9.17, 15) is 18.0 Å². The van der Waals surface area contributed by atoms with Crippen molar-refractivity contribution in [2.45, 2.75) is 33.0 Å². The first-order chi connectivity index (χ1) is 11.2. The molecule has 0 unspecified atom stereocenters. The summed E-state index contributed by atoms with van der Waals surface area (Å²) in [7, 11) is 0. The van der Waals surface area contributed by atoms with Crippen molar-refractivity contribution in [3.63, 3.8) is 0 Å². The van der Waals surface area contributed by atoms with Crippen LogP contribution in [0.4, 0.5) is 13.2 Å². The van der Waals surface area contributed by atoms with Crippen LogP contribution in [0.5, 0.6) is 0 Å². The van der Waals surface area contributed by atoms with E-state index in [2.05, 4.69) is 26.0 Å². The molecule has 0 aliphatic rings. The Hall–Kier alpha value is -1.68. The number of hydrogen-bond acceptors (Lipinski definition) is 4. The van der Waals surface area contributed by atoms with Crippen LogP contribution in [0.1, 0.15) is 28.9 Å². The van der Waals surface area contributed by atoms with Crippen LogP contribution in [0.25, 0.3) is 4.96 Å². The predicted molar refractivity (Wildman–Crippen MR) is 87.5 cm³/mol. The molecular formula is C14H12BrF3N4OS. The topological polar surface area (TPSA) is 52.2 Å². The van der Waals surface area contributed by atoms with Crippen molar-refractivity contribution in [1.82, 2.24) is 19.2 Å². The molecule has 0 atom stereocenters. The number of hydrogen-bond donors (Lipinski definition) is 0. The van der Waals surface area contributed by atoms with Gasteiger partial charge in [-0.3, -0.25) is 9.48 Å². The lowest BCUT2D eigenvalue weighted by atomic mass is 10.3. The molecule has 3 rings (SSSR count). The normalized spacial score (nSPS) is 12.2. The van der Waals surface area contributed by atoms with Crippen molar-refractivity contribution in [2.75, 3.05) is 0 Å². The summed E-state index contributed by atoms with van der Waals surface area (Å²) in [5, 5.41) is 3.62. The molecule has 24 heavy (non-hydrogen) atoms. The van der Waals surface area contributed by atoms with E-state index in [1.54, 1.807) is 6.92 Å². The number of fused-ring (bicyclic) bond motifs is 1. The number of alkyl halides is 3. The van der Waals surface area contributed by atoms with Gasteiger partial charge >= 0.3 is 6.18 Å². The number of aromatic nitrogens is 4. The Morgan fingerprint density at radius 3 is 2.67 bits per heavy atom. The van der Waals surface area contributed by atoms with Crippen molar-refractivity contribution in [3.05, 3.63) is 49.0 Å². The SMILES string of the molecule is CCc1cc(C(F)(F)F)nn1Cc1cc(=O)n2c(Br)c(C)sc2n1. The van der Waals surface area contributed by atoms with E-state index in [1.807, 2.05) is 6.92 Å². The van der Waals surface area contributed by atoms with Gasteiger partial charge in [0.15, 0.2) is 10.7 Å². The van der Waals surface area contributed by atoms with Crippen molar-refractivity contribution in [3.8, 4) is 0 Å². The Morgan fingerprint density at radius 2 is 2.04 bits per heavy atom. The highest BCUT2D eigenvalue weighted by Gasteiger charge is 2.34. The summed E-state index contributed by atoms with van der Waals surface area (Å²) in [6.07, 6.45) is -4.10. The number of aryl methyl sites for hydroxylation is 2. The zero-order valence-electron chi connectivity index (χ0n) is 12.7. The lowest BCUT2D eigenvalue weighted by molar-refractivity contribution is -0.141. The zero-order chi connectivity index (χ0) is 17.6. The molecule has 10 heteroatoms. The van der Waals surface area contributed by atoms with Crippen LogP contribution in [-0.2, 0) is 19.1 Å². The third-order valence-electron chi connectivity index (χ3n) is 3.50. The summed E-state index contributed by atoms with van der Waals surface area (Å²) in [5.74, 6) is 0. The number of nitrogens with zero attached hydrogens (tertiary/aromatic N) is 4. The maximum Gasteiger partial charge on any atom is 0.435 e. The Balaban J connectivity index is 2.04. The average Bonchev–Trinajstić information content (AvgIpc) is 3.01. The van der Waals surface area contributed by atoms with Crippen LogP contribution in [0, 0.1) is 6.92 Å². The highest BCUT2D eigenvalue weighted by atomic mass is 79.9. The van der Waals surface area contributed by atoms with Crippen molar-refractivity contribution < 1.29 is 13.2 Å².